The first-order valence-electron chi connectivity index (χ1n) is 6.57. The summed E-state index contributed by atoms with van der Waals surface area (Å²) in [6, 6.07) is 4.72. The van der Waals surface area contributed by atoms with Crippen molar-refractivity contribution in [1.29, 1.82) is 5.26 Å². The van der Waals surface area contributed by atoms with Gasteiger partial charge in [-0.3, -0.25) is 0 Å². The van der Waals surface area contributed by atoms with E-state index in [9.17, 15) is 14.3 Å². The van der Waals surface area contributed by atoms with Crippen LogP contribution < -0.4 is 5.32 Å². The lowest BCUT2D eigenvalue weighted by Gasteiger charge is -2.20. The zero-order chi connectivity index (χ0) is 16.8. The second-order valence-electron chi connectivity index (χ2n) is 5.53. The molecule has 0 saturated carbocycles. The largest absolute Gasteiger partial charge is 0.444 e. The van der Waals surface area contributed by atoms with Gasteiger partial charge >= 0.3 is 6.09 Å². The molecular formula is C15H18FN3O3. The number of nitrogens with zero attached hydrogens (tertiary/aromatic N) is 2. The van der Waals surface area contributed by atoms with Crippen molar-refractivity contribution >= 4 is 6.09 Å². The van der Waals surface area contributed by atoms with Crippen LogP contribution in [0.1, 0.15) is 38.1 Å². The molecule has 0 aromatic carbocycles. The Labute approximate surface area is 128 Å². The van der Waals surface area contributed by atoms with E-state index >= 15 is 0 Å². The Kier molecular flexibility index (Phi) is 6.01. The lowest BCUT2D eigenvalue weighted by Crippen LogP contribution is -2.34. The van der Waals surface area contributed by atoms with Crippen molar-refractivity contribution in [3.63, 3.8) is 0 Å². The number of carbonyl (C=O) groups is 1. The molecule has 1 rings (SSSR count). The third-order valence-electron chi connectivity index (χ3n) is 2.54. The van der Waals surface area contributed by atoms with Gasteiger partial charge in [0.25, 0.3) is 0 Å². The number of pyridine rings is 1. The molecule has 1 aromatic heterocycles. The first-order chi connectivity index (χ1) is 10.3. The number of hydrogen-bond donors (Lipinski definition) is 2. The maximum Gasteiger partial charge on any atom is 0.407 e. The van der Waals surface area contributed by atoms with Gasteiger partial charge in [-0.2, -0.15) is 5.26 Å². The highest BCUT2D eigenvalue weighted by molar-refractivity contribution is 5.68. The lowest BCUT2D eigenvalue weighted by molar-refractivity contribution is 0.0529. The summed E-state index contributed by atoms with van der Waals surface area (Å²) in [4.78, 5) is 15.3. The molecule has 0 aliphatic rings. The second kappa shape index (κ2) is 7.52. The van der Waals surface area contributed by atoms with Crippen molar-refractivity contribution in [1.82, 2.24) is 10.3 Å². The van der Waals surface area contributed by atoms with E-state index in [-0.39, 0.29) is 24.1 Å². The number of nitrogens with one attached hydrogen (secondary N) is 1. The van der Waals surface area contributed by atoms with Crippen LogP contribution >= 0.6 is 0 Å². The maximum atomic E-state index is 12.9. The molecule has 0 saturated heterocycles. The number of amides is 1. The number of alkyl carbamates (subject to hydrolysis) is 1. The Morgan fingerprint density at radius 2 is 2.27 bits per heavy atom. The average molecular weight is 307 g/mol. The highest BCUT2D eigenvalue weighted by Gasteiger charge is 2.19. The molecule has 1 heterocycles. The van der Waals surface area contributed by atoms with E-state index in [1.807, 2.05) is 6.07 Å². The molecule has 7 heteroatoms. The number of carbonyl (C=O) groups excluding carboxylic acids is 1. The molecule has 0 aliphatic carbocycles. The number of aromatic nitrogens is 1. The topological polar surface area (TPSA) is 95.2 Å². The summed E-state index contributed by atoms with van der Waals surface area (Å²) in [6.45, 7) is 4.90. The fourth-order valence-corrected chi connectivity index (χ4v) is 1.53. The third-order valence-corrected chi connectivity index (χ3v) is 2.54. The van der Waals surface area contributed by atoms with E-state index in [2.05, 4.69) is 10.3 Å². The van der Waals surface area contributed by atoms with Crippen LogP contribution in [-0.2, 0) is 4.74 Å². The van der Waals surface area contributed by atoms with Gasteiger partial charge in [0.2, 0.25) is 0 Å². The van der Waals surface area contributed by atoms with E-state index in [4.69, 9.17) is 10.00 Å². The SMILES string of the molecule is CC(C)(C)OC(=O)NC/C(=C\F)C(O)c1ccc(C#N)nc1. The second-order valence-corrected chi connectivity index (χ2v) is 5.53. The van der Waals surface area contributed by atoms with Crippen LogP contribution in [0.25, 0.3) is 0 Å². The summed E-state index contributed by atoms with van der Waals surface area (Å²) >= 11 is 0. The molecule has 0 spiro atoms. The van der Waals surface area contributed by atoms with Crippen molar-refractivity contribution in [3.8, 4) is 6.07 Å². The molecule has 2 N–H and O–H groups in total. The fraction of sp³-hybridized carbons (Fsp3) is 0.400. The molecule has 1 amide bonds. The van der Waals surface area contributed by atoms with Crippen molar-refractivity contribution in [2.45, 2.75) is 32.5 Å². The predicted molar refractivity (Wildman–Crippen MR) is 77.3 cm³/mol. The number of ether oxygens (including phenoxy) is 1. The standard InChI is InChI=1S/C15H18FN3O3/c1-15(2,3)22-14(21)19-9-11(6-16)13(20)10-4-5-12(7-17)18-8-10/h4-6,8,13,20H,9H2,1-3H3,(H,19,21)/b11-6+. The molecule has 118 valence electrons. The first-order valence-corrected chi connectivity index (χ1v) is 6.57. The Hall–Kier alpha value is -2.46. The van der Waals surface area contributed by atoms with Crippen LogP contribution in [0.15, 0.2) is 30.2 Å². The molecule has 6 nitrogen and oxygen atoms in total. The minimum atomic E-state index is -1.28. The minimum Gasteiger partial charge on any atom is -0.444 e. The van der Waals surface area contributed by atoms with Gasteiger partial charge in [0.15, 0.2) is 0 Å². The Bertz CT molecular complexity index is 586. The predicted octanol–water partition coefficient (Wildman–Crippen LogP) is 2.36. The van der Waals surface area contributed by atoms with Crippen LogP contribution in [0.4, 0.5) is 9.18 Å². The molecule has 22 heavy (non-hydrogen) atoms. The van der Waals surface area contributed by atoms with Gasteiger partial charge in [-0.25, -0.2) is 14.2 Å². The molecule has 0 radical (unpaired) electrons. The van der Waals surface area contributed by atoms with Gasteiger partial charge in [0.05, 0.1) is 6.33 Å². The minimum absolute atomic E-state index is 0.0580. The van der Waals surface area contributed by atoms with Gasteiger partial charge in [-0.15, -0.1) is 0 Å². The van der Waals surface area contributed by atoms with E-state index in [1.165, 1.54) is 18.3 Å². The zero-order valence-electron chi connectivity index (χ0n) is 12.6. The van der Waals surface area contributed by atoms with Gasteiger partial charge < -0.3 is 15.2 Å². The number of nitriles is 1. The van der Waals surface area contributed by atoms with E-state index in [0.29, 0.717) is 5.56 Å². The van der Waals surface area contributed by atoms with Crippen molar-refractivity contribution in [3.05, 3.63) is 41.5 Å². The van der Waals surface area contributed by atoms with Crippen molar-refractivity contribution in [2.24, 2.45) is 0 Å². The average Bonchev–Trinajstić information content (AvgIpc) is 2.46. The molecular weight excluding hydrogens is 289 g/mol. The first kappa shape index (κ1) is 17.6. The summed E-state index contributed by atoms with van der Waals surface area (Å²) in [6.07, 6.45) is -0.488. The van der Waals surface area contributed by atoms with Crippen LogP contribution in [0.2, 0.25) is 0 Å². The summed E-state index contributed by atoms with van der Waals surface area (Å²) in [7, 11) is 0. The molecule has 0 fully saturated rings. The van der Waals surface area contributed by atoms with Crippen LogP contribution in [0.3, 0.4) is 0 Å². The quantitative estimate of drug-likeness (QED) is 0.890. The van der Waals surface area contributed by atoms with Gasteiger partial charge in [0, 0.05) is 23.9 Å². The highest BCUT2D eigenvalue weighted by Crippen LogP contribution is 2.21. The maximum absolute atomic E-state index is 12.9. The van der Waals surface area contributed by atoms with E-state index in [1.54, 1.807) is 20.8 Å². The molecule has 0 bridgehead atoms. The lowest BCUT2D eigenvalue weighted by atomic mass is 10.0. The van der Waals surface area contributed by atoms with Crippen LogP contribution in [0.5, 0.6) is 0 Å². The van der Waals surface area contributed by atoms with Gasteiger partial charge in [-0.1, -0.05) is 6.07 Å². The molecule has 1 atom stereocenters. The van der Waals surface area contributed by atoms with Crippen LogP contribution in [0, 0.1) is 11.3 Å². The Morgan fingerprint density at radius 1 is 1.59 bits per heavy atom. The number of aliphatic hydroxyl groups is 1. The molecule has 0 aliphatic heterocycles. The van der Waals surface area contributed by atoms with E-state index < -0.39 is 17.8 Å². The summed E-state index contributed by atoms with van der Waals surface area (Å²) in [5.74, 6) is 0. The van der Waals surface area contributed by atoms with Crippen molar-refractivity contribution < 1.29 is 19.0 Å². The number of aliphatic hydroxyl groups excluding tert-OH is 1. The highest BCUT2D eigenvalue weighted by atomic mass is 19.1. The summed E-state index contributed by atoms with van der Waals surface area (Å²) in [5, 5.41) is 21.1. The van der Waals surface area contributed by atoms with Gasteiger partial charge in [0.1, 0.15) is 23.5 Å². The third kappa shape index (κ3) is 5.50. The molecule has 1 aromatic rings. The zero-order valence-corrected chi connectivity index (χ0v) is 12.6. The number of rotatable bonds is 4. The van der Waals surface area contributed by atoms with Gasteiger partial charge in [-0.05, 0) is 26.8 Å². The Morgan fingerprint density at radius 3 is 2.73 bits per heavy atom. The van der Waals surface area contributed by atoms with Crippen molar-refractivity contribution in [2.75, 3.05) is 6.54 Å². The molecule has 1 unspecified atom stereocenters. The Balaban J connectivity index is 2.67. The smallest absolute Gasteiger partial charge is 0.407 e. The normalized spacial score (nSPS) is 13.2. The fourth-order valence-electron chi connectivity index (χ4n) is 1.53. The van der Waals surface area contributed by atoms with E-state index in [0.717, 1.165) is 0 Å². The number of halogens is 1. The summed E-state index contributed by atoms with van der Waals surface area (Å²) < 4.78 is 18.0. The number of hydrogen-bond acceptors (Lipinski definition) is 5. The van der Waals surface area contributed by atoms with Crippen LogP contribution in [-0.4, -0.2) is 28.3 Å². The monoisotopic (exact) mass is 307 g/mol. The summed E-state index contributed by atoms with van der Waals surface area (Å²) in [5.41, 5.74) is -0.223.